The van der Waals surface area contributed by atoms with E-state index in [9.17, 15) is 4.79 Å². The van der Waals surface area contributed by atoms with Crippen LogP contribution in [0, 0.1) is 0 Å². The summed E-state index contributed by atoms with van der Waals surface area (Å²) in [5.41, 5.74) is 6.22. The van der Waals surface area contributed by atoms with E-state index in [1.165, 1.54) is 0 Å². The van der Waals surface area contributed by atoms with Crippen LogP contribution < -0.4 is 10.5 Å². The van der Waals surface area contributed by atoms with Gasteiger partial charge in [0, 0.05) is 12.6 Å². The van der Waals surface area contributed by atoms with E-state index in [0.717, 1.165) is 5.69 Å². The van der Waals surface area contributed by atoms with Gasteiger partial charge in [-0.15, -0.1) is 0 Å². The maximum Gasteiger partial charge on any atom is 0.410 e. The summed E-state index contributed by atoms with van der Waals surface area (Å²) in [5, 5.41) is 0. The van der Waals surface area contributed by atoms with Crippen LogP contribution in [0.2, 0.25) is 0 Å². The summed E-state index contributed by atoms with van der Waals surface area (Å²) in [7, 11) is 1.56. The number of nitrogens with two attached hydrogens (primary N) is 1. The zero-order chi connectivity index (χ0) is 12.3. The molecule has 2 heterocycles. The van der Waals surface area contributed by atoms with E-state index in [4.69, 9.17) is 15.2 Å². The molecule has 0 bridgehead atoms. The minimum absolute atomic E-state index is 0.215. The van der Waals surface area contributed by atoms with Crippen molar-refractivity contribution in [3.63, 3.8) is 0 Å². The SMILES string of the molecule is COc1cccc(CN2CC(CN)OC2=O)n1. The fraction of sp³-hybridized carbons (Fsp3) is 0.455. The van der Waals surface area contributed by atoms with E-state index < -0.39 is 0 Å². The van der Waals surface area contributed by atoms with Gasteiger partial charge in [-0.25, -0.2) is 9.78 Å². The molecule has 1 aliphatic heterocycles. The van der Waals surface area contributed by atoms with E-state index in [0.29, 0.717) is 25.5 Å². The van der Waals surface area contributed by atoms with Gasteiger partial charge in [0.15, 0.2) is 0 Å². The highest BCUT2D eigenvalue weighted by Crippen LogP contribution is 2.15. The Morgan fingerprint density at radius 1 is 1.65 bits per heavy atom. The van der Waals surface area contributed by atoms with Gasteiger partial charge in [-0.2, -0.15) is 0 Å². The van der Waals surface area contributed by atoms with E-state index >= 15 is 0 Å². The molecule has 1 aromatic rings. The standard InChI is InChI=1S/C11H15N3O3/c1-16-10-4-2-3-8(13-10)6-14-7-9(5-12)17-11(14)15/h2-4,9H,5-7,12H2,1H3. The molecule has 0 saturated carbocycles. The van der Waals surface area contributed by atoms with Crippen LogP contribution in [-0.2, 0) is 11.3 Å². The zero-order valence-corrected chi connectivity index (χ0v) is 9.63. The molecule has 6 nitrogen and oxygen atoms in total. The first-order chi connectivity index (χ1) is 8.22. The van der Waals surface area contributed by atoms with Crippen molar-refractivity contribution in [2.45, 2.75) is 12.6 Å². The molecule has 0 spiro atoms. The Hall–Kier alpha value is -1.82. The molecule has 6 heteroatoms. The molecule has 0 aliphatic carbocycles. The number of amides is 1. The fourth-order valence-corrected chi connectivity index (χ4v) is 1.68. The number of hydrogen-bond acceptors (Lipinski definition) is 5. The topological polar surface area (TPSA) is 77.7 Å². The van der Waals surface area contributed by atoms with Crippen LogP contribution in [0.15, 0.2) is 18.2 Å². The average molecular weight is 237 g/mol. The number of nitrogens with zero attached hydrogens (tertiary/aromatic N) is 2. The van der Waals surface area contributed by atoms with Crippen molar-refractivity contribution >= 4 is 6.09 Å². The van der Waals surface area contributed by atoms with Gasteiger partial charge in [0.1, 0.15) is 6.10 Å². The summed E-state index contributed by atoms with van der Waals surface area (Å²) in [5.74, 6) is 0.533. The molecule has 2 rings (SSSR count). The highest BCUT2D eigenvalue weighted by atomic mass is 16.6. The second kappa shape index (κ2) is 5.01. The van der Waals surface area contributed by atoms with Crippen molar-refractivity contribution < 1.29 is 14.3 Å². The average Bonchev–Trinajstić information content (AvgIpc) is 2.70. The van der Waals surface area contributed by atoms with Gasteiger partial charge in [-0.1, -0.05) is 6.07 Å². The third-order valence-corrected chi connectivity index (χ3v) is 2.56. The first-order valence-electron chi connectivity index (χ1n) is 5.38. The highest BCUT2D eigenvalue weighted by molar-refractivity contribution is 5.69. The Bertz CT molecular complexity index is 411. The lowest BCUT2D eigenvalue weighted by molar-refractivity contribution is 0.134. The van der Waals surface area contributed by atoms with Crippen LogP contribution in [0.25, 0.3) is 0 Å². The van der Waals surface area contributed by atoms with Crippen molar-refractivity contribution in [1.82, 2.24) is 9.88 Å². The maximum absolute atomic E-state index is 11.5. The number of hydrogen-bond donors (Lipinski definition) is 1. The summed E-state index contributed by atoms with van der Waals surface area (Å²) in [6.07, 6.45) is -0.557. The first kappa shape index (κ1) is 11.7. The van der Waals surface area contributed by atoms with Gasteiger partial charge < -0.3 is 15.2 Å². The molecule has 92 valence electrons. The molecular formula is C11H15N3O3. The Morgan fingerprint density at radius 2 is 2.47 bits per heavy atom. The number of cyclic esters (lactones) is 1. The Morgan fingerprint density at radius 3 is 3.12 bits per heavy atom. The summed E-state index contributed by atoms with van der Waals surface area (Å²) < 4.78 is 10.1. The van der Waals surface area contributed by atoms with Crippen molar-refractivity contribution in [1.29, 1.82) is 0 Å². The van der Waals surface area contributed by atoms with Gasteiger partial charge in [0.05, 0.1) is 25.9 Å². The lowest BCUT2D eigenvalue weighted by Crippen LogP contribution is -2.27. The lowest BCUT2D eigenvalue weighted by atomic mass is 10.3. The van der Waals surface area contributed by atoms with Crippen molar-refractivity contribution in [2.75, 3.05) is 20.2 Å². The highest BCUT2D eigenvalue weighted by Gasteiger charge is 2.30. The van der Waals surface area contributed by atoms with Gasteiger partial charge in [0.25, 0.3) is 0 Å². The molecule has 1 saturated heterocycles. The third-order valence-electron chi connectivity index (χ3n) is 2.56. The minimum atomic E-state index is -0.343. The molecule has 1 aromatic heterocycles. The number of ether oxygens (including phenoxy) is 2. The van der Waals surface area contributed by atoms with Crippen LogP contribution in [0.5, 0.6) is 5.88 Å². The number of pyridine rings is 1. The van der Waals surface area contributed by atoms with Crippen molar-refractivity contribution in [3.8, 4) is 5.88 Å². The molecule has 2 N–H and O–H groups in total. The predicted octanol–water partition coefficient (Wildman–Crippen LogP) is 0.370. The number of rotatable bonds is 4. The zero-order valence-electron chi connectivity index (χ0n) is 9.63. The maximum atomic E-state index is 11.5. The molecule has 17 heavy (non-hydrogen) atoms. The van der Waals surface area contributed by atoms with Crippen LogP contribution in [0.3, 0.4) is 0 Å². The van der Waals surface area contributed by atoms with Crippen LogP contribution in [0.1, 0.15) is 5.69 Å². The largest absolute Gasteiger partial charge is 0.481 e. The molecule has 1 fully saturated rings. The molecule has 1 amide bonds. The van der Waals surface area contributed by atoms with Gasteiger partial charge in [-0.05, 0) is 6.07 Å². The summed E-state index contributed by atoms with van der Waals surface area (Å²) in [6.45, 7) is 1.26. The van der Waals surface area contributed by atoms with Crippen LogP contribution >= 0.6 is 0 Å². The van der Waals surface area contributed by atoms with Gasteiger partial charge >= 0.3 is 6.09 Å². The minimum Gasteiger partial charge on any atom is -0.481 e. The van der Waals surface area contributed by atoms with Gasteiger partial charge in [-0.3, -0.25) is 4.90 Å². The Labute approximate surface area is 99.3 Å². The first-order valence-corrected chi connectivity index (χ1v) is 5.38. The Kier molecular flexibility index (Phi) is 3.43. The summed E-state index contributed by atoms with van der Waals surface area (Å²) >= 11 is 0. The van der Waals surface area contributed by atoms with Crippen molar-refractivity contribution in [3.05, 3.63) is 23.9 Å². The second-order valence-corrected chi connectivity index (χ2v) is 3.79. The van der Waals surface area contributed by atoms with E-state index in [1.807, 2.05) is 12.1 Å². The van der Waals surface area contributed by atoms with E-state index in [2.05, 4.69) is 4.98 Å². The molecule has 1 unspecified atom stereocenters. The fourth-order valence-electron chi connectivity index (χ4n) is 1.68. The number of aromatic nitrogens is 1. The van der Waals surface area contributed by atoms with E-state index in [-0.39, 0.29) is 12.2 Å². The van der Waals surface area contributed by atoms with Crippen LogP contribution in [-0.4, -0.2) is 42.3 Å². The number of carbonyl (C=O) groups is 1. The summed E-state index contributed by atoms with van der Waals surface area (Å²) in [6, 6.07) is 5.43. The molecule has 1 atom stereocenters. The van der Waals surface area contributed by atoms with Gasteiger partial charge in [0.2, 0.25) is 5.88 Å². The van der Waals surface area contributed by atoms with Crippen molar-refractivity contribution in [2.24, 2.45) is 5.73 Å². The van der Waals surface area contributed by atoms with E-state index in [1.54, 1.807) is 18.1 Å². The molecule has 0 radical (unpaired) electrons. The smallest absolute Gasteiger partial charge is 0.410 e. The molecule has 0 aromatic carbocycles. The number of carbonyl (C=O) groups excluding carboxylic acids is 1. The predicted molar refractivity (Wildman–Crippen MR) is 60.5 cm³/mol. The second-order valence-electron chi connectivity index (χ2n) is 3.79. The quantitative estimate of drug-likeness (QED) is 0.818. The molecular weight excluding hydrogens is 222 g/mol. The third kappa shape index (κ3) is 2.65. The Balaban J connectivity index is 2.03. The molecule has 1 aliphatic rings. The van der Waals surface area contributed by atoms with Crippen LogP contribution in [0.4, 0.5) is 4.79 Å². The normalized spacial score (nSPS) is 19.3. The monoisotopic (exact) mass is 237 g/mol. The lowest BCUT2D eigenvalue weighted by Gasteiger charge is -2.12. The summed E-state index contributed by atoms with van der Waals surface area (Å²) in [4.78, 5) is 17.3. The number of methoxy groups -OCH3 is 1.